The number of nitrogens with zero attached hydrogens (tertiary/aromatic N) is 1. The lowest BCUT2D eigenvalue weighted by Crippen LogP contribution is -1.97. The van der Waals surface area contributed by atoms with Crippen molar-refractivity contribution in [2.24, 2.45) is 0 Å². The van der Waals surface area contributed by atoms with E-state index in [2.05, 4.69) is 0 Å². The summed E-state index contributed by atoms with van der Waals surface area (Å²) in [5, 5.41) is 10.5. The second-order valence-electron chi connectivity index (χ2n) is 3.97. The highest BCUT2D eigenvalue weighted by molar-refractivity contribution is 5.36. The summed E-state index contributed by atoms with van der Waals surface area (Å²) in [6.07, 6.45) is 0. The number of nitro benzene ring substituents is 1. The lowest BCUT2D eigenvalue weighted by molar-refractivity contribution is -0.384. The highest BCUT2D eigenvalue weighted by Gasteiger charge is 2.04. The first-order valence-corrected chi connectivity index (χ1v) is 5.58. The zero-order valence-electron chi connectivity index (χ0n) is 10.00. The van der Waals surface area contributed by atoms with E-state index < -0.39 is 4.92 Å². The first kappa shape index (κ1) is 12.1. The van der Waals surface area contributed by atoms with Crippen molar-refractivity contribution in [1.82, 2.24) is 0 Å². The number of hydrogen-bond acceptors (Lipinski definition) is 3. The van der Waals surface area contributed by atoms with Crippen LogP contribution in [0.25, 0.3) is 0 Å². The Morgan fingerprint density at radius 1 is 1.11 bits per heavy atom. The van der Waals surface area contributed by atoms with Gasteiger partial charge in [-0.25, -0.2) is 0 Å². The number of ether oxygens (including phenoxy) is 1. The largest absolute Gasteiger partial charge is 0.489 e. The molecule has 4 heteroatoms. The van der Waals surface area contributed by atoms with Crippen LogP contribution in [0.4, 0.5) is 5.69 Å². The topological polar surface area (TPSA) is 52.4 Å². The third-order valence-electron chi connectivity index (χ3n) is 2.70. The summed E-state index contributed by atoms with van der Waals surface area (Å²) < 4.78 is 5.59. The third-order valence-corrected chi connectivity index (χ3v) is 2.70. The van der Waals surface area contributed by atoms with Crippen molar-refractivity contribution in [1.29, 1.82) is 0 Å². The number of aryl methyl sites for hydroxylation is 1. The van der Waals surface area contributed by atoms with Crippen LogP contribution in [-0.4, -0.2) is 4.92 Å². The molecule has 0 aromatic heterocycles. The Labute approximate surface area is 105 Å². The standard InChI is InChI=1S/C14H13NO3/c1-11-4-2-3-5-12(11)10-18-14-8-6-13(7-9-14)15(16)17/h2-9H,10H2,1H3. The first-order valence-electron chi connectivity index (χ1n) is 5.58. The molecule has 0 amide bonds. The van der Waals surface area contributed by atoms with Crippen LogP contribution in [0, 0.1) is 17.0 Å². The van der Waals surface area contributed by atoms with Crippen LogP contribution < -0.4 is 4.74 Å². The van der Waals surface area contributed by atoms with Crippen LogP contribution in [0.15, 0.2) is 48.5 Å². The molecule has 18 heavy (non-hydrogen) atoms. The van der Waals surface area contributed by atoms with Gasteiger partial charge in [-0.05, 0) is 30.2 Å². The van der Waals surface area contributed by atoms with E-state index in [4.69, 9.17) is 4.74 Å². The number of nitro groups is 1. The SMILES string of the molecule is Cc1ccccc1COc1ccc([N+](=O)[O-])cc1. The number of non-ortho nitro benzene ring substituents is 1. The number of hydrogen-bond donors (Lipinski definition) is 0. The normalized spacial score (nSPS) is 10.1. The minimum atomic E-state index is -0.425. The predicted molar refractivity (Wildman–Crippen MR) is 68.6 cm³/mol. The van der Waals surface area contributed by atoms with Crippen LogP contribution >= 0.6 is 0 Å². The molecule has 0 saturated heterocycles. The van der Waals surface area contributed by atoms with Crippen molar-refractivity contribution in [3.63, 3.8) is 0 Å². The van der Waals surface area contributed by atoms with Gasteiger partial charge < -0.3 is 4.74 Å². The molecular formula is C14H13NO3. The van der Waals surface area contributed by atoms with E-state index in [9.17, 15) is 10.1 Å². The molecule has 0 fully saturated rings. The molecule has 92 valence electrons. The van der Waals surface area contributed by atoms with E-state index in [1.165, 1.54) is 17.7 Å². The van der Waals surface area contributed by atoms with E-state index in [-0.39, 0.29) is 5.69 Å². The summed E-state index contributed by atoms with van der Waals surface area (Å²) in [5.74, 6) is 0.629. The quantitative estimate of drug-likeness (QED) is 0.610. The molecule has 0 aliphatic carbocycles. The minimum absolute atomic E-state index is 0.0678. The van der Waals surface area contributed by atoms with Gasteiger partial charge in [-0.3, -0.25) is 10.1 Å². The van der Waals surface area contributed by atoms with Crippen LogP contribution in [0.1, 0.15) is 11.1 Å². The van der Waals surface area contributed by atoms with E-state index >= 15 is 0 Å². The van der Waals surface area contributed by atoms with Gasteiger partial charge in [0.15, 0.2) is 0 Å². The molecule has 4 nitrogen and oxygen atoms in total. The fourth-order valence-corrected chi connectivity index (χ4v) is 1.60. The van der Waals surface area contributed by atoms with E-state index in [0.29, 0.717) is 12.4 Å². The van der Waals surface area contributed by atoms with Gasteiger partial charge >= 0.3 is 0 Å². The van der Waals surface area contributed by atoms with Gasteiger partial charge in [-0.2, -0.15) is 0 Å². The molecule has 2 aromatic carbocycles. The minimum Gasteiger partial charge on any atom is -0.489 e. The van der Waals surface area contributed by atoms with Crippen molar-refractivity contribution in [2.75, 3.05) is 0 Å². The van der Waals surface area contributed by atoms with E-state index in [0.717, 1.165) is 5.56 Å². The molecule has 0 heterocycles. The van der Waals surface area contributed by atoms with Gasteiger partial charge in [0.1, 0.15) is 12.4 Å². The predicted octanol–water partition coefficient (Wildman–Crippen LogP) is 3.48. The third kappa shape index (κ3) is 2.85. The summed E-state index contributed by atoms with van der Waals surface area (Å²) in [5.41, 5.74) is 2.34. The summed E-state index contributed by atoms with van der Waals surface area (Å²) in [4.78, 5) is 10.1. The fourth-order valence-electron chi connectivity index (χ4n) is 1.60. The fraction of sp³-hybridized carbons (Fsp3) is 0.143. The lowest BCUT2D eigenvalue weighted by atomic mass is 10.1. The molecule has 0 unspecified atom stereocenters. The Kier molecular flexibility index (Phi) is 3.57. The van der Waals surface area contributed by atoms with Gasteiger partial charge in [0.05, 0.1) is 4.92 Å². The van der Waals surface area contributed by atoms with Gasteiger partial charge in [-0.1, -0.05) is 24.3 Å². The van der Waals surface area contributed by atoms with Crippen LogP contribution in [-0.2, 0) is 6.61 Å². The second-order valence-corrected chi connectivity index (χ2v) is 3.97. The van der Waals surface area contributed by atoms with Crippen molar-refractivity contribution in [2.45, 2.75) is 13.5 Å². The Hall–Kier alpha value is -2.36. The summed E-state index contributed by atoms with van der Waals surface area (Å²) >= 11 is 0. The molecular weight excluding hydrogens is 230 g/mol. The number of rotatable bonds is 4. The Bertz CT molecular complexity index is 549. The lowest BCUT2D eigenvalue weighted by Gasteiger charge is -2.08. The maximum atomic E-state index is 10.5. The monoisotopic (exact) mass is 243 g/mol. The molecule has 0 spiro atoms. The summed E-state index contributed by atoms with van der Waals surface area (Å²) in [6, 6.07) is 14.1. The maximum absolute atomic E-state index is 10.5. The summed E-state index contributed by atoms with van der Waals surface area (Å²) in [7, 11) is 0. The van der Waals surface area contributed by atoms with Gasteiger partial charge in [0.25, 0.3) is 5.69 Å². The van der Waals surface area contributed by atoms with Crippen LogP contribution in [0.3, 0.4) is 0 Å². The van der Waals surface area contributed by atoms with Gasteiger partial charge in [0.2, 0.25) is 0 Å². The van der Waals surface area contributed by atoms with Crippen LogP contribution in [0.2, 0.25) is 0 Å². The molecule has 0 bridgehead atoms. The van der Waals surface area contributed by atoms with Gasteiger partial charge in [0, 0.05) is 12.1 Å². The first-order chi connectivity index (χ1) is 8.66. The molecule has 0 radical (unpaired) electrons. The second kappa shape index (κ2) is 5.31. The average Bonchev–Trinajstić information content (AvgIpc) is 2.38. The average molecular weight is 243 g/mol. The van der Waals surface area contributed by atoms with Crippen molar-refractivity contribution in [3.05, 3.63) is 69.8 Å². The molecule has 0 N–H and O–H groups in total. The van der Waals surface area contributed by atoms with E-state index in [1.54, 1.807) is 12.1 Å². The Morgan fingerprint density at radius 3 is 2.39 bits per heavy atom. The van der Waals surface area contributed by atoms with Crippen molar-refractivity contribution in [3.8, 4) is 5.75 Å². The highest BCUT2D eigenvalue weighted by atomic mass is 16.6. The van der Waals surface area contributed by atoms with Gasteiger partial charge in [-0.15, -0.1) is 0 Å². The molecule has 0 aliphatic rings. The molecule has 0 saturated carbocycles. The Balaban J connectivity index is 2.02. The summed E-state index contributed by atoms with van der Waals surface area (Å²) in [6.45, 7) is 2.49. The molecule has 0 aliphatic heterocycles. The zero-order chi connectivity index (χ0) is 13.0. The zero-order valence-corrected chi connectivity index (χ0v) is 10.00. The molecule has 0 atom stereocenters. The van der Waals surface area contributed by atoms with Crippen LogP contribution in [0.5, 0.6) is 5.75 Å². The number of benzene rings is 2. The smallest absolute Gasteiger partial charge is 0.269 e. The Morgan fingerprint density at radius 2 is 1.78 bits per heavy atom. The van der Waals surface area contributed by atoms with Crippen molar-refractivity contribution < 1.29 is 9.66 Å². The van der Waals surface area contributed by atoms with E-state index in [1.807, 2.05) is 31.2 Å². The molecule has 2 rings (SSSR count). The van der Waals surface area contributed by atoms with Crippen molar-refractivity contribution >= 4 is 5.69 Å². The molecule has 2 aromatic rings. The maximum Gasteiger partial charge on any atom is 0.269 e. The highest BCUT2D eigenvalue weighted by Crippen LogP contribution is 2.19.